The number of aryl methyl sites for hydroxylation is 2. The molecule has 6 rings (SSSR count). The van der Waals surface area contributed by atoms with Gasteiger partial charge in [-0.1, -0.05) is 30.3 Å². The number of ether oxygens (including phenoxy) is 1. The Balaban J connectivity index is 1.20. The zero-order valence-corrected chi connectivity index (χ0v) is 23.3. The number of imidazole rings is 1. The predicted molar refractivity (Wildman–Crippen MR) is 159 cm³/mol. The Labute approximate surface area is 238 Å². The summed E-state index contributed by atoms with van der Waals surface area (Å²) in [5.41, 5.74) is 8.02. The number of anilines is 2. The van der Waals surface area contributed by atoms with E-state index in [0.29, 0.717) is 13.0 Å². The lowest BCUT2D eigenvalue weighted by Gasteiger charge is -2.22. The van der Waals surface area contributed by atoms with E-state index in [2.05, 4.69) is 41.5 Å². The van der Waals surface area contributed by atoms with Crippen LogP contribution in [0.3, 0.4) is 0 Å². The standard InChI is InChI=1S/C33H31N5O3/c1-4-37-31-27(32-35-19-22(3)38(32)28-6-5-14-34-33(28)37)17-24(20-36-31)13-15-41-29-12-11-26(16-21(29)2)25-9-7-23(8-10-25)18-30(39)40/h5-12,14,16-17,19-20H,4,13,15,18H2,1-3H3,(H,39,40). The van der Waals surface area contributed by atoms with Crippen molar-refractivity contribution in [1.82, 2.24) is 19.5 Å². The second-order valence-corrected chi connectivity index (χ2v) is 10.2. The quantitative estimate of drug-likeness (QED) is 0.243. The molecule has 0 radical (unpaired) electrons. The number of hydrogen-bond donors (Lipinski definition) is 1. The Morgan fingerprint density at radius 3 is 2.46 bits per heavy atom. The van der Waals surface area contributed by atoms with Gasteiger partial charge in [-0.25, -0.2) is 15.0 Å². The highest BCUT2D eigenvalue weighted by atomic mass is 16.5. The molecule has 206 valence electrons. The fourth-order valence-electron chi connectivity index (χ4n) is 5.38. The fraction of sp³-hybridized carbons (Fsp3) is 0.212. The van der Waals surface area contributed by atoms with Crippen LogP contribution in [0.5, 0.6) is 5.75 Å². The molecule has 0 saturated carbocycles. The van der Waals surface area contributed by atoms with E-state index < -0.39 is 5.97 Å². The maximum absolute atomic E-state index is 11.0. The molecule has 4 heterocycles. The summed E-state index contributed by atoms with van der Waals surface area (Å²) in [6.45, 7) is 7.45. The van der Waals surface area contributed by atoms with Crippen molar-refractivity contribution in [3.8, 4) is 34.0 Å². The van der Waals surface area contributed by atoms with Crippen LogP contribution in [0.2, 0.25) is 0 Å². The van der Waals surface area contributed by atoms with Gasteiger partial charge in [0.15, 0.2) is 5.82 Å². The highest BCUT2D eigenvalue weighted by Crippen LogP contribution is 2.41. The number of carboxylic acid groups (broad SMARTS) is 1. The minimum atomic E-state index is -0.830. The van der Waals surface area contributed by atoms with Crippen LogP contribution in [0, 0.1) is 13.8 Å². The van der Waals surface area contributed by atoms with Crippen LogP contribution in [-0.4, -0.2) is 43.7 Å². The highest BCUT2D eigenvalue weighted by Gasteiger charge is 2.28. The minimum absolute atomic E-state index is 0.0242. The summed E-state index contributed by atoms with van der Waals surface area (Å²) in [7, 11) is 0. The first-order chi connectivity index (χ1) is 19.9. The number of carboxylic acids is 1. The van der Waals surface area contributed by atoms with Gasteiger partial charge in [-0.15, -0.1) is 0 Å². The van der Waals surface area contributed by atoms with E-state index in [1.807, 2.05) is 68.0 Å². The number of hydrogen-bond acceptors (Lipinski definition) is 6. The molecule has 0 spiro atoms. The van der Waals surface area contributed by atoms with Crippen molar-refractivity contribution < 1.29 is 14.6 Å². The second-order valence-electron chi connectivity index (χ2n) is 10.2. The molecule has 0 amide bonds. The molecule has 2 aromatic carbocycles. The van der Waals surface area contributed by atoms with E-state index in [-0.39, 0.29) is 6.42 Å². The average Bonchev–Trinajstić information content (AvgIpc) is 3.30. The molecule has 0 unspecified atom stereocenters. The van der Waals surface area contributed by atoms with Gasteiger partial charge in [0.1, 0.15) is 17.4 Å². The van der Waals surface area contributed by atoms with Crippen LogP contribution in [0.4, 0.5) is 11.6 Å². The number of nitrogens with zero attached hydrogens (tertiary/aromatic N) is 5. The summed E-state index contributed by atoms with van der Waals surface area (Å²) in [5.74, 6) is 2.59. The van der Waals surface area contributed by atoms with Crippen LogP contribution in [0.15, 0.2) is 79.3 Å². The largest absolute Gasteiger partial charge is 0.493 e. The van der Waals surface area contributed by atoms with Gasteiger partial charge >= 0.3 is 5.97 Å². The Bertz CT molecular complexity index is 1740. The van der Waals surface area contributed by atoms with E-state index in [1.54, 1.807) is 0 Å². The molecule has 8 heteroatoms. The normalized spacial score (nSPS) is 11.8. The number of aliphatic carboxylic acids is 1. The maximum atomic E-state index is 11.0. The molecule has 1 aliphatic heterocycles. The third kappa shape index (κ3) is 5.04. The van der Waals surface area contributed by atoms with Gasteiger partial charge in [0.05, 0.1) is 24.3 Å². The van der Waals surface area contributed by atoms with Gasteiger partial charge < -0.3 is 14.7 Å². The summed E-state index contributed by atoms with van der Waals surface area (Å²) in [6.07, 6.45) is 6.35. The molecule has 41 heavy (non-hydrogen) atoms. The van der Waals surface area contributed by atoms with Crippen LogP contribution in [-0.2, 0) is 17.6 Å². The maximum Gasteiger partial charge on any atom is 0.307 e. The van der Waals surface area contributed by atoms with E-state index in [9.17, 15) is 4.79 Å². The van der Waals surface area contributed by atoms with Gasteiger partial charge in [0.25, 0.3) is 0 Å². The Morgan fingerprint density at radius 1 is 0.902 bits per heavy atom. The van der Waals surface area contributed by atoms with Gasteiger partial charge in [-0.05, 0) is 78.9 Å². The molecule has 0 bridgehead atoms. The molecular weight excluding hydrogens is 514 g/mol. The predicted octanol–water partition coefficient (Wildman–Crippen LogP) is 6.33. The Hall–Kier alpha value is -4.98. The van der Waals surface area contributed by atoms with Gasteiger partial charge in [0.2, 0.25) is 0 Å². The first-order valence-corrected chi connectivity index (χ1v) is 13.7. The molecule has 1 aliphatic rings. The monoisotopic (exact) mass is 545 g/mol. The molecule has 1 N–H and O–H groups in total. The van der Waals surface area contributed by atoms with Gasteiger partial charge in [-0.2, -0.15) is 0 Å². The van der Waals surface area contributed by atoms with Crippen LogP contribution in [0.1, 0.15) is 29.3 Å². The smallest absolute Gasteiger partial charge is 0.307 e. The van der Waals surface area contributed by atoms with Crippen LogP contribution in [0.25, 0.3) is 28.2 Å². The number of pyridine rings is 2. The second kappa shape index (κ2) is 10.9. The summed E-state index contributed by atoms with van der Waals surface area (Å²) in [6, 6.07) is 20.0. The first kappa shape index (κ1) is 26.3. The Morgan fingerprint density at radius 2 is 1.71 bits per heavy atom. The molecule has 0 saturated heterocycles. The summed E-state index contributed by atoms with van der Waals surface area (Å²) in [5, 5.41) is 9.00. The zero-order valence-electron chi connectivity index (χ0n) is 23.3. The number of rotatable bonds is 8. The van der Waals surface area contributed by atoms with Crippen molar-refractivity contribution in [2.45, 2.75) is 33.6 Å². The number of fused-ring (bicyclic) bond motifs is 5. The van der Waals surface area contributed by atoms with Crippen molar-refractivity contribution in [2.24, 2.45) is 0 Å². The van der Waals surface area contributed by atoms with Crippen molar-refractivity contribution in [1.29, 1.82) is 0 Å². The van der Waals surface area contributed by atoms with Crippen molar-refractivity contribution in [3.63, 3.8) is 0 Å². The Kier molecular flexibility index (Phi) is 6.97. The van der Waals surface area contributed by atoms with E-state index in [1.165, 1.54) is 0 Å². The number of aromatic nitrogens is 4. The van der Waals surface area contributed by atoms with E-state index >= 15 is 0 Å². The number of benzene rings is 2. The topological polar surface area (TPSA) is 93.4 Å². The molecular formula is C33H31N5O3. The lowest BCUT2D eigenvalue weighted by Crippen LogP contribution is -2.20. The molecule has 8 nitrogen and oxygen atoms in total. The van der Waals surface area contributed by atoms with Crippen molar-refractivity contribution in [2.75, 3.05) is 18.1 Å². The van der Waals surface area contributed by atoms with E-state index in [0.717, 1.165) is 74.5 Å². The lowest BCUT2D eigenvalue weighted by molar-refractivity contribution is -0.136. The van der Waals surface area contributed by atoms with Gasteiger partial charge in [0, 0.05) is 37.3 Å². The molecule has 3 aromatic heterocycles. The average molecular weight is 546 g/mol. The molecule has 0 aliphatic carbocycles. The third-order valence-electron chi connectivity index (χ3n) is 7.40. The fourth-order valence-corrected chi connectivity index (χ4v) is 5.38. The summed E-state index contributed by atoms with van der Waals surface area (Å²) >= 11 is 0. The van der Waals surface area contributed by atoms with Gasteiger partial charge in [-0.3, -0.25) is 9.36 Å². The number of carbonyl (C=O) groups is 1. The highest BCUT2D eigenvalue weighted by molar-refractivity contribution is 5.83. The molecule has 0 atom stereocenters. The first-order valence-electron chi connectivity index (χ1n) is 13.7. The minimum Gasteiger partial charge on any atom is -0.493 e. The third-order valence-corrected chi connectivity index (χ3v) is 7.40. The molecule has 5 aromatic rings. The van der Waals surface area contributed by atoms with Crippen LogP contribution >= 0.6 is 0 Å². The summed E-state index contributed by atoms with van der Waals surface area (Å²) in [4.78, 5) is 27.5. The summed E-state index contributed by atoms with van der Waals surface area (Å²) < 4.78 is 8.35. The van der Waals surface area contributed by atoms with E-state index in [4.69, 9.17) is 24.8 Å². The SMILES string of the molecule is CCN1c2ncc(CCOc3ccc(-c4ccc(CC(=O)O)cc4)cc3C)cc2-c2ncc(C)n2-c2cccnc21. The van der Waals surface area contributed by atoms with Crippen LogP contribution < -0.4 is 9.64 Å². The lowest BCUT2D eigenvalue weighted by atomic mass is 10.0. The van der Waals surface area contributed by atoms with Crippen molar-refractivity contribution >= 4 is 17.6 Å². The molecule has 0 fully saturated rings. The van der Waals surface area contributed by atoms with Crippen molar-refractivity contribution in [3.05, 3.63) is 102 Å². The zero-order chi connectivity index (χ0) is 28.5.